The molecule has 3 aromatic rings. The first-order valence-electron chi connectivity index (χ1n) is 8.95. The van der Waals surface area contributed by atoms with Gasteiger partial charge in [0.1, 0.15) is 23.3 Å². The van der Waals surface area contributed by atoms with E-state index in [1.54, 1.807) is 38.4 Å². The number of aromatic nitrogens is 2. The van der Waals surface area contributed by atoms with Gasteiger partial charge in [-0.3, -0.25) is 10.1 Å². The molecule has 144 valence electrons. The molecule has 28 heavy (non-hydrogen) atoms. The van der Waals surface area contributed by atoms with Crippen LogP contribution >= 0.6 is 0 Å². The Kier molecular flexibility index (Phi) is 4.60. The Morgan fingerprint density at radius 2 is 2.07 bits per heavy atom. The number of nitrogens with one attached hydrogen (secondary N) is 2. The number of likely N-dealkylation sites (N-methyl/N-ethyl adjacent to an activating group) is 1. The lowest BCUT2D eigenvalue weighted by atomic mass is 10.0. The number of halogens is 1. The highest BCUT2D eigenvalue weighted by Gasteiger charge is 2.25. The van der Waals surface area contributed by atoms with Crippen LogP contribution in [0, 0.1) is 5.82 Å². The molecule has 7 heteroatoms. The van der Waals surface area contributed by atoms with E-state index in [1.807, 2.05) is 18.2 Å². The average Bonchev–Trinajstić information content (AvgIpc) is 3.33. The highest BCUT2D eigenvalue weighted by molar-refractivity contribution is 5.97. The smallest absolute Gasteiger partial charge is 0.243 e. The van der Waals surface area contributed by atoms with Crippen molar-refractivity contribution in [3.05, 3.63) is 54.1 Å². The lowest BCUT2D eigenvalue weighted by Crippen LogP contribution is -2.39. The number of rotatable bonds is 4. The normalized spacial score (nSPS) is 16.3. The summed E-state index contributed by atoms with van der Waals surface area (Å²) in [5.41, 5.74) is 4.07. The van der Waals surface area contributed by atoms with Crippen LogP contribution in [0.3, 0.4) is 0 Å². The maximum atomic E-state index is 13.9. The second-order valence-corrected chi connectivity index (χ2v) is 6.93. The summed E-state index contributed by atoms with van der Waals surface area (Å²) < 4.78 is 19.3. The highest BCUT2D eigenvalue weighted by Crippen LogP contribution is 2.36. The Bertz CT molecular complexity index is 1090. The zero-order chi connectivity index (χ0) is 19.8. The molecule has 0 fully saturated rings. The number of aromatic amines is 1. The van der Waals surface area contributed by atoms with Crippen molar-refractivity contribution in [3.63, 3.8) is 0 Å². The maximum Gasteiger partial charge on any atom is 0.243 e. The van der Waals surface area contributed by atoms with Gasteiger partial charge in [0.2, 0.25) is 5.91 Å². The van der Waals surface area contributed by atoms with Crippen molar-refractivity contribution >= 4 is 22.5 Å². The van der Waals surface area contributed by atoms with Gasteiger partial charge in [-0.25, -0.2) is 9.37 Å². The summed E-state index contributed by atoms with van der Waals surface area (Å²) in [7, 11) is 5.04. The van der Waals surface area contributed by atoms with Gasteiger partial charge in [-0.15, -0.1) is 0 Å². The van der Waals surface area contributed by atoms with Crippen molar-refractivity contribution in [1.82, 2.24) is 20.2 Å². The van der Waals surface area contributed by atoms with Gasteiger partial charge in [-0.1, -0.05) is 6.08 Å². The number of pyridine rings is 1. The van der Waals surface area contributed by atoms with E-state index in [0.717, 1.165) is 22.2 Å². The molecule has 1 aromatic carbocycles. The van der Waals surface area contributed by atoms with Crippen LogP contribution in [-0.2, 0) is 4.79 Å². The third-order valence-electron chi connectivity index (χ3n) is 4.92. The number of ether oxygens (including phenoxy) is 1. The fraction of sp³-hybridized carbons (Fsp3) is 0.238. The summed E-state index contributed by atoms with van der Waals surface area (Å²) >= 11 is 0. The molecule has 3 heterocycles. The third kappa shape index (κ3) is 3.14. The maximum absolute atomic E-state index is 13.9. The van der Waals surface area contributed by atoms with Gasteiger partial charge in [0.15, 0.2) is 0 Å². The van der Waals surface area contributed by atoms with Gasteiger partial charge in [0.05, 0.1) is 7.11 Å². The Hall–Kier alpha value is -3.19. The fourth-order valence-corrected chi connectivity index (χ4v) is 3.49. The molecule has 0 bridgehead atoms. The summed E-state index contributed by atoms with van der Waals surface area (Å²) in [5, 5.41) is 4.07. The second kappa shape index (κ2) is 7.09. The Balaban J connectivity index is 1.78. The first kappa shape index (κ1) is 18.2. The Labute approximate surface area is 162 Å². The molecule has 1 aliphatic rings. The van der Waals surface area contributed by atoms with Crippen LogP contribution in [0.4, 0.5) is 4.39 Å². The molecule has 0 saturated carbocycles. The van der Waals surface area contributed by atoms with Gasteiger partial charge >= 0.3 is 0 Å². The largest absolute Gasteiger partial charge is 0.496 e. The zero-order valence-corrected chi connectivity index (χ0v) is 15.9. The molecule has 4 rings (SSSR count). The van der Waals surface area contributed by atoms with Crippen LogP contribution in [0.1, 0.15) is 5.69 Å². The van der Waals surface area contributed by atoms with Gasteiger partial charge in [-0.2, -0.15) is 0 Å². The van der Waals surface area contributed by atoms with Gasteiger partial charge in [0, 0.05) is 43.5 Å². The number of fused-ring (bicyclic) bond motifs is 1. The highest BCUT2D eigenvalue weighted by atomic mass is 19.1. The van der Waals surface area contributed by atoms with Crippen LogP contribution in [0.25, 0.3) is 27.7 Å². The topological polar surface area (TPSA) is 70.2 Å². The van der Waals surface area contributed by atoms with E-state index in [0.29, 0.717) is 23.5 Å². The Morgan fingerprint density at radius 3 is 2.82 bits per heavy atom. The van der Waals surface area contributed by atoms with Crippen LogP contribution in [-0.4, -0.2) is 54.6 Å². The van der Waals surface area contributed by atoms with E-state index in [1.165, 1.54) is 12.1 Å². The monoisotopic (exact) mass is 380 g/mol. The van der Waals surface area contributed by atoms with Crippen molar-refractivity contribution in [3.8, 4) is 16.9 Å². The molecule has 1 aliphatic heterocycles. The van der Waals surface area contributed by atoms with Crippen molar-refractivity contribution in [1.29, 1.82) is 0 Å². The lowest BCUT2D eigenvalue weighted by Gasteiger charge is -2.14. The number of benzene rings is 1. The molecule has 1 atom stereocenters. The van der Waals surface area contributed by atoms with E-state index in [9.17, 15) is 9.18 Å². The van der Waals surface area contributed by atoms with Gasteiger partial charge in [-0.05, 0) is 41.5 Å². The summed E-state index contributed by atoms with van der Waals surface area (Å²) in [6, 6.07) is 7.94. The van der Waals surface area contributed by atoms with Crippen LogP contribution in [0.5, 0.6) is 5.75 Å². The number of carbonyl (C=O) groups excluding carboxylic acids is 1. The number of amides is 1. The number of nitrogens with zero attached hydrogens (tertiary/aromatic N) is 2. The van der Waals surface area contributed by atoms with Crippen molar-refractivity contribution in [2.24, 2.45) is 0 Å². The van der Waals surface area contributed by atoms with Crippen LogP contribution in [0.15, 0.2) is 42.6 Å². The average molecular weight is 380 g/mol. The summed E-state index contributed by atoms with van der Waals surface area (Å²) in [5.74, 6) is 0.272. The molecule has 1 unspecified atom stereocenters. The van der Waals surface area contributed by atoms with Crippen LogP contribution in [0.2, 0.25) is 0 Å². The lowest BCUT2D eigenvalue weighted by molar-refractivity contribution is -0.129. The van der Waals surface area contributed by atoms with Crippen molar-refractivity contribution < 1.29 is 13.9 Å². The summed E-state index contributed by atoms with van der Waals surface area (Å²) in [6.45, 7) is 0.579. The minimum absolute atomic E-state index is 0.00872. The summed E-state index contributed by atoms with van der Waals surface area (Å²) in [6.07, 6.45) is 3.61. The number of carbonyl (C=O) groups is 1. The quantitative estimate of drug-likeness (QED) is 0.730. The molecule has 1 amide bonds. The number of hydrogen-bond acceptors (Lipinski definition) is 4. The fourth-order valence-electron chi connectivity index (χ4n) is 3.49. The number of methoxy groups -OCH3 is 1. The minimum Gasteiger partial charge on any atom is -0.496 e. The second-order valence-electron chi connectivity index (χ2n) is 6.93. The van der Waals surface area contributed by atoms with Crippen molar-refractivity contribution in [2.75, 3.05) is 27.7 Å². The van der Waals surface area contributed by atoms with E-state index < -0.39 is 0 Å². The number of hydrogen-bond donors (Lipinski definition) is 2. The standard InChI is InChI=1S/C21H21FN4O2/c1-26(2)21(27)18-8-12(11-24-18)17-10-16-14(6-7-23-20(16)25-17)15-9-13(22)4-5-19(15)28-3/h4-10,18,24H,11H2,1-3H3,(H,23,25). The Morgan fingerprint density at radius 1 is 1.25 bits per heavy atom. The molecule has 0 aliphatic carbocycles. The third-order valence-corrected chi connectivity index (χ3v) is 4.92. The summed E-state index contributed by atoms with van der Waals surface area (Å²) in [4.78, 5) is 21.5. The molecule has 0 spiro atoms. The zero-order valence-electron chi connectivity index (χ0n) is 15.9. The van der Waals surface area contributed by atoms with E-state index in [4.69, 9.17) is 4.74 Å². The molecule has 2 N–H and O–H groups in total. The molecule has 0 radical (unpaired) electrons. The molecular formula is C21H21FN4O2. The van der Waals surface area contributed by atoms with Gasteiger partial charge < -0.3 is 14.6 Å². The van der Waals surface area contributed by atoms with E-state index >= 15 is 0 Å². The minimum atomic E-state index is -0.341. The van der Waals surface area contributed by atoms with Gasteiger partial charge in [0.25, 0.3) is 0 Å². The predicted molar refractivity (Wildman–Crippen MR) is 107 cm³/mol. The van der Waals surface area contributed by atoms with Crippen molar-refractivity contribution in [2.45, 2.75) is 6.04 Å². The van der Waals surface area contributed by atoms with E-state index in [-0.39, 0.29) is 17.8 Å². The first-order valence-corrected chi connectivity index (χ1v) is 8.95. The first-order chi connectivity index (χ1) is 13.5. The SMILES string of the molecule is COc1ccc(F)cc1-c1ccnc2[nH]c(C3=CC(C(=O)N(C)C)NC3)cc12. The number of H-pyrrole nitrogens is 1. The van der Waals surface area contributed by atoms with Crippen LogP contribution < -0.4 is 10.1 Å². The molecular weight excluding hydrogens is 359 g/mol. The molecule has 2 aromatic heterocycles. The predicted octanol–water partition coefficient (Wildman–Crippen LogP) is 2.82. The molecule has 6 nitrogen and oxygen atoms in total. The van der Waals surface area contributed by atoms with E-state index in [2.05, 4.69) is 15.3 Å². The molecule has 0 saturated heterocycles.